The molecule has 2 heterocycles. The van der Waals surface area contributed by atoms with Crippen molar-refractivity contribution < 1.29 is 39.5 Å². The van der Waals surface area contributed by atoms with E-state index in [0.29, 0.717) is 4.68 Å². The van der Waals surface area contributed by atoms with Gasteiger partial charge in [-0.15, -0.1) is 0 Å². The van der Waals surface area contributed by atoms with Crippen LogP contribution in [0.25, 0.3) is 11.3 Å². The Hall–Kier alpha value is -2.07. The van der Waals surface area contributed by atoms with Gasteiger partial charge in [0.2, 0.25) is 0 Å². The van der Waals surface area contributed by atoms with Gasteiger partial charge in [0.25, 0.3) is 0 Å². The molecule has 2 rings (SSSR count). The van der Waals surface area contributed by atoms with Crippen LogP contribution in [-0.4, -0.2) is 16.0 Å². The highest BCUT2D eigenvalue weighted by Gasteiger charge is 2.64. The van der Waals surface area contributed by atoms with E-state index in [1.165, 1.54) is 0 Å². The van der Waals surface area contributed by atoms with Crippen LogP contribution in [0.4, 0.5) is 35.1 Å². The van der Waals surface area contributed by atoms with Crippen molar-refractivity contribution in [3.8, 4) is 11.3 Å². The third-order valence-electron chi connectivity index (χ3n) is 2.78. The standard InChI is InChI=1S/C11H6F8N2O/c1-21-7(5-2-3-22-4-5)6(10(14,15)16)8(20-21)9(12,13)11(17,18)19/h2-4H,1H3. The fraction of sp³-hybridized carbons (Fsp3) is 0.364. The molecule has 0 amide bonds. The molecule has 0 fully saturated rings. The van der Waals surface area contributed by atoms with E-state index in [9.17, 15) is 35.1 Å². The molecule has 0 saturated heterocycles. The first-order chi connectivity index (χ1) is 9.87. The molecule has 0 aromatic carbocycles. The molecule has 0 atom stereocenters. The minimum Gasteiger partial charge on any atom is -0.472 e. The Kier molecular flexibility index (Phi) is 3.49. The third kappa shape index (κ3) is 2.44. The molecule has 2 aromatic rings. The molecule has 0 spiro atoms. The average molecular weight is 334 g/mol. The maximum absolute atomic E-state index is 13.4. The Morgan fingerprint density at radius 1 is 1.05 bits per heavy atom. The van der Waals surface area contributed by atoms with E-state index in [1.807, 2.05) is 0 Å². The second kappa shape index (κ2) is 4.71. The summed E-state index contributed by atoms with van der Waals surface area (Å²) in [6, 6.07) is 0.988. The Balaban J connectivity index is 2.81. The van der Waals surface area contributed by atoms with Gasteiger partial charge in [0.05, 0.1) is 18.2 Å². The maximum atomic E-state index is 13.4. The summed E-state index contributed by atoms with van der Waals surface area (Å²) in [6.45, 7) is 0. The number of hydrogen-bond donors (Lipinski definition) is 0. The van der Waals surface area contributed by atoms with Gasteiger partial charge in [0, 0.05) is 12.6 Å². The van der Waals surface area contributed by atoms with Gasteiger partial charge in [-0.3, -0.25) is 4.68 Å². The predicted molar refractivity (Wildman–Crippen MR) is 55.9 cm³/mol. The summed E-state index contributed by atoms with van der Waals surface area (Å²) < 4.78 is 108. The van der Waals surface area contributed by atoms with Crippen LogP contribution in [0, 0.1) is 0 Å². The molecule has 22 heavy (non-hydrogen) atoms. The van der Waals surface area contributed by atoms with Crippen molar-refractivity contribution >= 4 is 0 Å². The first-order valence-electron chi connectivity index (χ1n) is 5.49. The second-order valence-corrected chi connectivity index (χ2v) is 4.28. The number of halogens is 8. The van der Waals surface area contributed by atoms with E-state index in [4.69, 9.17) is 0 Å². The van der Waals surface area contributed by atoms with Gasteiger partial charge >= 0.3 is 18.3 Å². The largest absolute Gasteiger partial charge is 0.472 e. The number of hydrogen-bond acceptors (Lipinski definition) is 2. The normalized spacial score (nSPS) is 13.7. The lowest BCUT2D eigenvalue weighted by molar-refractivity contribution is -0.292. The Labute approximate surface area is 117 Å². The SMILES string of the molecule is Cn1nc(C(F)(F)C(F)(F)F)c(C(F)(F)F)c1-c1ccoc1. The summed E-state index contributed by atoms with van der Waals surface area (Å²) in [7, 11) is 0.827. The lowest BCUT2D eigenvalue weighted by atomic mass is 10.0. The van der Waals surface area contributed by atoms with Crippen LogP contribution in [0.15, 0.2) is 23.0 Å². The van der Waals surface area contributed by atoms with Gasteiger partial charge < -0.3 is 4.42 Å². The summed E-state index contributed by atoms with van der Waals surface area (Å²) in [5.41, 5.74) is -5.82. The lowest BCUT2D eigenvalue weighted by Gasteiger charge is -2.19. The summed E-state index contributed by atoms with van der Waals surface area (Å²) in [5.74, 6) is -5.75. The van der Waals surface area contributed by atoms with Gasteiger partial charge in [0.1, 0.15) is 5.56 Å². The predicted octanol–water partition coefficient (Wildman–Crippen LogP) is 4.35. The minimum absolute atomic E-state index is 0.308. The second-order valence-electron chi connectivity index (χ2n) is 4.28. The van der Waals surface area contributed by atoms with Crippen molar-refractivity contribution in [2.45, 2.75) is 18.3 Å². The molecule has 0 aliphatic rings. The zero-order valence-electron chi connectivity index (χ0n) is 10.6. The van der Waals surface area contributed by atoms with Gasteiger partial charge in [-0.05, 0) is 6.07 Å². The van der Waals surface area contributed by atoms with Crippen molar-refractivity contribution in [2.75, 3.05) is 0 Å². The van der Waals surface area contributed by atoms with Crippen LogP contribution >= 0.6 is 0 Å². The molecular weight excluding hydrogens is 328 g/mol. The van der Waals surface area contributed by atoms with Crippen LogP contribution < -0.4 is 0 Å². The summed E-state index contributed by atoms with van der Waals surface area (Å²) >= 11 is 0. The fourth-order valence-electron chi connectivity index (χ4n) is 1.88. The Morgan fingerprint density at radius 3 is 2.05 bits per heavy atom. The van der Waals surface area contributed by atoms with E-state index in [0.717, 1.165) is 25.6 Å². The zero-order valence-corrected chi connectivity index (χ0v) is 10.6. The fourth-order valence-corrected chi connectivity index (χ4v) is 1.88. The highest BCUT2D eigenvalue weighted by Crippen LogP contribution is 2.50. The molecular formula is C11H6F8N2O. The number of aryl methyl sites for hydroxylation is 1. The smallest absolute Gasteiger partial charge is 0.459 e. The molecule has 11 heteroatoms. The van der Waals surface area contributed by atoms with Gasteiger partial charge in [-0.25, -0.2) is 0 Å². The zero-order chi connectivity index (χ0) is 16.9. The van der Waals surface area contributed by atoms with Crippen LogP contribution in [0.3, 0.4) is 0 Å². The van der Waals surface area contributed by atoms with Crippen molar-refractivity contribution in [3.63, 3.8) is 0 Å². The van der Waals surface area contributed by atoms with Crippen LogP contribution in [0.2, 0.25) is 0 Å². The quantitative estimate of drug-likeness (QED) is 0.765. The van der Waals surface area contributed by atoms with Crippen LogP contribution in [-0.2, 0) is 19.1 Å². The summed E-state index contributed by atoms with van der Waals surface area (Å²) in [6.07, 6.45) is -9.95. The van der Waals surface area contributed by atoms with Gasteiger partial charge in [0.15, 0.2) is 5.69 Å². The van der Waals surface area contributed by atoms with Crippen LogP contribution in [0.1, 0.15) is 11.3 Å². The van der Waals surface area contributed by atoms with E-state index in [1.54, 1.807) is 0 Å². The third-order valence-corrected chi connectivity index (χ3v) is 2.78. The lowest BCUT2D eigenvalue weighted by Crippen LogP contribution is -2.36. The van der Waals surface area contributed by atoms with E-state index in [2.05, 4.69) is 9.52 Å². The molecule has 0 unspecified atom stereocenters. The molecule has 3 nitrogen and oxygen atoms in total. The topological polar surface area (TPSA) is 31.0 Å². The van der Waals surface area contributed by atoms with Crippen molar-refractivity contribution in [3.05, 3.63) is 29.9 Å². The Bertz CT molecular complexity index is 666. The maximum Gasteiger partial charge on any atom is 0.459 e. The van der Waals surface area contributed by atoms with Crippen molar-refractivity contribution in [1.82, 2.24) is 9.78 Å². The minimum atomic E-state index is -6.21. The highest BCUT2D eigenvalue weighted by atomic mass is 19.4. The Morgan fingerprint density at radius 2 is 1.64 bits per heavy atom. The molecule has 0 saturated carbocycles. The number of furan rings is 1. The average Bonchev–Trinajstić information content (AvgIpc) is 2.92. The van der Waals surface area contributed by atoms with E-state index >= 15 is 0 Å². The van der Waals surface area contributed by atoms with Crippen molar-refractivity contribution in [1.29, 1.82) is 0 Å². The molecule has 0 aliphatic heterocycles. The highest BCUT2D eigenvalue weighted by molar-refractivity contribution is 5.65. The number of nitrogens with zero attached hydrogens (tertiary/aromatic N) is 2. The molecule has 0 bridgehead atoms. The first kappa shape index (κ1) is 16.3. The van der Waals surface area contributed by atoms with Gasteiger partial charge in [-0.1, -0.05) is 0 Å². The molecule has 0 aliphatic carbocycles. The summed E-state index contributed by atoms with van der Waals surface area (Å²) in [5, 5.41) is 2.76. The molecule has 0 radical (unpaired) electrons. The van der Waals surface area contributed by atoms with Crippen LogP contribution in [0.5, 0.6) is 0 Å². The monoisotopic (exact) mass is 334 g/mol. The van der Waals surface area contributed by atoms with E-state index in [-0.39, 0.29) is 5.56 Å². The first-order valence-corrected chi connectivity index (χ1v) is 5.49. The van der Waals surface area contributed by atoms with Gasteiger partial charge in [-0.2, -0.15) is 40.2 Å². The van der Waals surface area contributed by atoms with Crippen molar-refractivity contribution in [2.24, 2.45) is 7.05 Å². The number of aromatic nitrogens is 2. The molecule has 122 valence electrons. The summed E-state index contributed by atoms with van der Waals surface area (Å²) in [4.78, 5) is 0. The molecule has 2 aromatic heterocycles. The van der Waals surface area contributed by atoms with E-state index < -0.39 is 35.2 Å². The molecule has 0 N–H and O–H groups in total. The number of rotatable bonds is 2. The number of alkyl halides is 8.